The first kappa shape index (κ1) is 23.8. The molecule has 0 aliphatic carbocycles. The fraction of sp³-hybridized carbons (Fsp3) is 0.0909. The Labute approximate surface area is 187 Å². The highest BCUT2D eigenvalue weighted by molar-refractivity contribution is 7.92. The molecule has 0 bridgehead atoms. The maximum Gasteiger partial charge on any atom is 0.501 e. The number of amides is 3. The van der Waals surface area contributed by atoms with E-state index in [9.17, 15) is 31.2 Å². The summed E-state index contributed by atoms with van der Waals surface area (Å²) in [4.78, 5) is 23.7. The van der Waals surface area contributed by atoms with Crippen molar-refractivity contribution < 1.29 is 31.2 Å². The number of hydrogen-bond donors (Lipinski definition) is 3. The van der Waals surface area contributed by atoms with E-state index < -0.39 is 32.2 Å². The van der Waals surface area contributed by atoms with E-state index in [2.05, 4.69) is 16.0 Å². The molecule has 0 aromatic heterocycles. The van der Waals surface area contributed by atoms with Crippen molar-refractivity contribution in [3.05, 3.63) is 83.9 Å². The molecule has 0 radical (unpaired) electrons. The third-order valence-electron chi connectivity index (χ3n) is 4.51. The maximum atomic E-state index is 12.7. The largest absolute Gasteiger partial charge is 0.501 e. The van der Waals surface area contributed by atoms with Gasteiger partial charge in [-0.2, -0.15) is 13.2 Å². The molecule has 33 heavy (non-hydrogen) atoms. The Bertz CT molecular complexity index is 1280. The Morgan fingerprint density at radius 1 is 0.788 bits per heavy atom. The van der Waals surface area contributed by atoms with Crippen molar-refractivity contribution in [1.82, 2.24) is 0 Å². The monoisotopic (exact) mass is 477 g/mol. The van der Waals surface area contributed by atoms with Gasteiger partial charge < -0.3 is 16.0 Å². The SMILES string of the molecule is Cc1ccc(NC(=O)Nc2ccccc2)cc1NC(=O)c1ccc(S(=O)(=O)C(F)(F)F)cc1. The molecule has 0 aliphatic heterocycles. The van der Waals surface area contributed by atoms with Gasteiger partial charge in [0, 0.05) is 22.6 Å². The summed E-state index contributed by atoms with van der Waals surface area (Å²) in [6, 6.07) is 16.5. The van der Waals surface area contributed by atoms with Crippen molar-refractivity contribution in [3.63, 3.8) is 0 Å². The van der Waals surface area contributed by atoms with Crippen molar-refractivity contribution in [2.24, 2.45) is 0 Å². The molecule has 11 heteroatoms. The average Bonchev–Trinajstić information content (AvgIpc) is 2.76. The summed E-state index contributed by atoms with van der Waals surface area (Å²) in [5.41, 5.74) is -3.50. The van der Waals surface area contributed by atoms with Crippen LogP contribution in [-0.4, -0.2) is 25.9 Å². The van der Waals surface area contributed by atoms with Gasteiger partial charge in [0.25, 0.3) is 15.7 Å². The van der Waals surface area contributed by atoms with Gasteiger partial charge in [0.05, 0.1) is 4.90 Å². The first-order valence-corrected chi connectivity index (χ1v) is 10.9. The molecule has 3 N–H and O–H groups in total. The number of carbonyl (C=O) groups excluding carboxylic acids is 2. The number of rotatable bonds is 5. The van der Waals surface area contributed by atoms with Gasteiger partial charge in [-0.15, -0.1) is 0 Å². The summed E-state index contributed by atoms with van der Waals surface area (Å²) in [6.45, 7) is 1.71. The number of alkyl halides is 3. The van der Waals surface area contributed by atoms with E-state index in [4.69, 9.17) is 0 Å². The van der Waals surface area contributed by atoms with Crippen molar-refractivity contribution in [2.75, 3.05) is 16.0 Å². The van der Waals surface area contributed by atoms with Crippen LogP contribution in [0.25, 0.3) is 0 Å². The summed E-state index contributed by atoms with van der Waals surface area (Å²) in [5.74, 6) is -0.667. The van der Waals surface area contributed by atoms with E-state index in [-0.39, 0.29) is 5.56 Å². The zero-order chi connectivity index (χ0) is 24.2. The lowest BCUT2D eigenvalue weighted by Gasteiger charge is -2.13. The zero-order valence-corrected chi connectivity index (χ0v) is 17.9. The van der Waals surface area contributed by atoms with Crippen LogP contribution in [0.15, 0.2) is 77.7 Å². The van der Waals surface area contributed by atoms with Gasteiger partial charge >= 0.3 is 11.5 Å². The molecular formula is C22H18F3N3O4S. The van der Waals surface area contributed by atoms with Crippen LogP contribution >= 0.6 is 0 Å². The molecule has 172 valence electrons. The Hall–Kier alpha value is -3.86. The lowest BCUT2D eigenvalue weighted by molar-refractivity contribution is -0.0436. The van der Waals surface area contributed by atoms with E-state index in [1.807, 2.05) is 0 Å². The minimum atomic E-state index is -5.50. The predicted octanol–water partition coefficient (Wildman–Crippen LogP) is 5.18. The Morgan fingerprint density at radius 2 is 1.39 bits per heavy atom. The van der Waals surface area contributed by atoms with Gasteiger partial charge in [-0.25, -0.2) is 13.2 Å². The number of anilines is 3. The van der Waals surface area contributed by atoms with Gasteiger partial charge in [0.2, 0.25) is 0 Å². The predicted molar refractivity (Wildman–Crippen MR) is 118 cm³/mol. The Morgan fingerprint density at radius 3 is 2.00 bits per heavy atom. The van der Waals surface area contributed by atoms with Crippen LogP contribution in [0, 0.1) is 6.92 Å². The summed E-state index contributed by atoms with van der Waals surface area (Å²) < 4.78 is 60.9. The number of aryl methyl sites for hydroxylation is 1. The average molecular weight is 477 g/mol. The highest BCUT2D eigenvalue weighted by Gasteiger charge is 2.46. The second kappa shape index (κ2) is 9.33. The molecule has 0 unspecified atom stereocenters. The number of sulfone groups is 1. The number of halogens is 3. The smallest absolute Gasteiger partial charge is 0.322 e. The normalized spacial score (nSPS) is 11.5. The van der Waals surface area contributed by atoms with Crippen LogP contribution in [0.4, 0.5) is 35.0 Å². The number of benzene rings is 3. The lowest BCUT2D eigenvalue weighted by atomic mass is 10.1. The second-order valence-corrected chi connectivity index (χ2v) is 8.84. The fourth-order valence-electron chi connectivity index (χ4n) is 2.76. The van der Waals surface area contributed by atoms with Crippen molar-refractivity contribution in [1.29, 1.82) is 0 Å². The minimum Gasteiger partial charge on any atom is -0.322 e. The van der Waals surface area contributed by atoms with Crippen molar-refractivity contribution in [3.8, 4) is 0 Å². The molecule has 0 fully saturated rings. The van der Waals surface area contributed by atoms with E-state index in [1.54, 1.807) is 49.4 Å². The van der Waals surface area contributed by atoms with Crippen molar-refractivity contribution >= 4 is 38.8 Å². The van der Waals surface area contributed by atoms with Gasteiger partial charge in [-0.3, -0.25) is 4.79 Å². The molecule has 3 amide bonds. The first-order valence-electron chi connectivity index (χ1n) is 9.44. The van der Waals surface area contributed by atoms with E-state index >= 15 is 0 Å². The van der Waals surface area contributed by atoms with Crippen LogP contribution in [0.2, 0.25) is 0 Å². The van der Waals surface area contributed by atoms with Crippen molar-refractivity contribution in [2.45, 2.75) is 17.3 Å². The molecule has 0 aliphatic rings. The number of nitrogens with one attached hydrogen (secondary N) is 3. The molecule has 0 spiro atoms. The fourth-order valence-corrected chi connectivity index (χ4v) is 3.52. The topological polar surface area (TPSA) is 104 Å². The maximum absolute atomic E-state index is 12.7. The molecular weight excluding hydrogens is 459 g/mol. The molecule has 3 aromatic rings. The number of urea groups is 1. The summed E-state index contributed by atoms with van der Waals surface area (Å²) in [7, 11) is -5.50. The van der Waals surface area contributed by atoms with Crippen LogP contribution in [0.1, 0.15) is 15.9 Å². The minimum absolute atomic E-state index is 0.0456. The third kappa shape index (κ3) is 5.69. The number of carbonyl (C=O) groups is 2. The molecule has 0 saturated heterocycles. The van der Waals surface area contributed by atoms with E-state index in [0.29, 0.717) is 22.6 Å². The highest BCUT2D eigenvalue weighted by atomic mass is 32.2. The summed E-state index contributed by atoms with van der Waals surface area (Å²) >= 11 is 0. The quantitative estimate of drug-likeness (QED) is 0.471. The number of para-hydroxylation sites is 1. The molecule has 7 nitrogen and oxygen atoms in total. The number of hydrogen-bond acceptors (Lipinski definition) is 4. The van der Waals surface area contributed by atoms with Gasteiger partial charge in [0.1, 0.15) is 0 Å². The van der Waals surface area contributed by atoms with E-state index in [0.717, 1.165) is 24.3 Å². The second-order valence-electron chi connectivity index (χ2n) is 6.90. The van der Waals surface area contributed by atoms with Crippen LogP contribution in [0.3, 0.4) is 0 Å². The summed E-state index contributed by atoms with van der Waals surface area (Å²) in [6.07, 6.45) is 0. The molecule has 0 saturated carbocycles. The molecule has 3 aromatic carbocycles. The van der Waals surface area contributed by atoms with Gasteiger partial charge in [-0.05, 0) is 61.0 Å². The summed E-state index contributed by atoms with van der Waals surface area (Å²) in [5, 5.41) is 7.88. The van der Waals surface area contributed by atoms with E-state index in [1.165, 1.54) is 6.07 Å². The Balaban J connectivity index is 1.71. The van der Waals surface area contributed by atoms with Crippen LogP contribution in [0.5, 0.6) is 0 Å². The van der Waals surface area contributed by atoms with Gasteiger partial charge in [0.15, 0.2) is 0 Å². The van der Waals surface area contributed by atoms with Crippen LogP contribution in [-0.2, 0) is 9.84 Å². The Kier molecular flexibility index (Phi) is 6.73. The lowest BCUT2D eigenvalue weighted by Crippen LogP contribution is -2.23. The van der Waals surface area contributed by atoms with Gasteiger partial charge in [-0.1, -0.05) is 24.3 Å². The molecule has 0 atom stereocenters. The molecule has 0 heterocycles. The molecule has 3 rings (SSSR count). The third-order valence-corrected chi connectivity index (χ3v) is 6.01. The zero-order valence-electron chi connectivity index (χ0n) is 17.1. The highest BCUT2D eigenvalue weighted by Crippen LogP contribution is 2.30. The standard InChI is InChI=1S/C22H18F3N3O4S/c1-14-7-10-17(27-21(30)26-16-5-3-2-4-6-16)13-19(14)28-20(29)15-8-11-18(12-9-15)33(31,32)22(23,24)25/h2-13H,1H3,(H,28,29)(H2,26,27,30). The van der Waals surface area contributed by atoms with Crippen LogP contribution < -0.4 is 16.0 Å². The first-order chi connectivity index (χ1) is 15.5.